The first-order valence-corrected chi connectivity index (χ1v) is 9.31. The van der Waals surface area contributed by atoms with Crippen LogP contribution >= 0.6 is 12.2 Å². The van der Waals surface area contributed by atoms with Crippen molar-refractivity contribution in [2.75, 3.05) is 38.0 Å². The van der Waals surface area contributed by atoms with Crippen LogP contribution in [-0.4, -0.2) is 53.7 Å². The van der Waals surface area contributed by atoms with E-state index < -0.39 is 0 Å². The molecular formula is C20H24N4OS. The number of piperazine rings is 1. The average molecular weight is 369 g/mol. The highest BCUT2D eigenvalue weighted by molar-refractivity contribution is 7.80. The van der Waals surface area contributed by atoms with Crippen molar-refractivity contribution in [2.45, 2.75) is 6.42 Å². The zero-order valence-corrected chi connectivity index (χ0v) is 15.5. The number of nitrogens with one attached hydrogen (secondary N) is 2. The minimum absolute atomic E-state index is 0.0567. The molecule has 2 aromatic carbocycles. The van der Waals surface area contributed by atoms with Gasteiger partial charge in [-0.25, -0.2) is 4.79 Å². The van der Waals surface area contributed by atoms with Crippen LogP contribution in [0.4, 0.5) is 10.5 Å². The lowest BCUT2D eigenvalue weighted by Crippen LogP contribution is -2.54. The molecule has 0 bridgehead atoms. The summed E-state index contributed by atoms with van der Waals surface area (Å²) in [5.74, 6) is 0. The number of benzene rings is 2. The van der Waals surface area contributed by atoms with Crippen molar-refractivity contribution in [1.82, 2.24) is 15.1 Å². The Bertz CT molecular complexity index is 715. The number of urea groups is 1. The van der Waals surface area contributed by atoms with E-state index in [-0.39, 0.29) is 6.03 Å². The number of hydrogen-bond donors (Lipinski definition) is 2. The van der Waals surface area contributed by atoms with E-state index in [0.717, 1.165) is 36.9 Å². The topological polar surface area (TPSA) is 47.6 Å². The summed E-state index contributed by atoms with van der Waals surface area (Å²) in [6, 6.07) is 19.8. The summed E-state index contributed by atoms with van der Waals surface area (Å²) < 4.78 is 0. The van der Waals surface area contributed by atoms with Crippen LogP contribution in [0.3, 0.4) is 0 Å². The number of rotatable bonds is 4. The van der Waals surface area contributed by atoms with Crippen LogP contribution in [0.15, 0.2) is 60.7 Å². The summed E-state index contributed by atoms with van der Waals surface area (Å²) in [5, 5.41) is 7.02. The fourth-order valence-electron chi connectivity index (χ4n) is 2.91. The molecule has 1 aliphatic heterocycles. The van der Waals surface area contributed by atoms with Crippen LogP contribution in [0.25, 0.3) is 0 Å². The molecule has 1 fully saturated rings. The fraction of sp³-hybridized carbons (Fsp3) is 0.300. The monoisotopic (exact) mass is 368 g/mol. The quantitative estimate of drug-likeness (QED) is 0.815. The molecule has 136 valence electrons. The SMILES string of the molecule is O=C(Nc1ccccc1)N1CCN(C(=S)NCCc2ccccc2)CC1. The van der Waals surface area contributed by atoms with E-state index in [4.69, 9.17) is 12.2 Å². The van der Waals surface area contributed by atoms with Gasteiger partial charge in [0.2, 0.25) is 0 Å². The van der Waals surface area contributed by atoms with Gasteiger partial charge in [-0.1, -0.05) is 48.5 Å². The number of anilines is 1. The molecule has 0 spiro atoms. The summed E-state index contributed by atoms with van der Waals surface area (Å²) >= 11 is 5.49. The van der Waals surface area contributed by atoms with Crippen molar-refractivity contribution >= 4 is 29.0 Å². The average Bonchev–Trinajstić information content (AvgIpc) is 2.69. The van der Waals surface area contributed by atoms with Gasteiger partial charge in [-0.05, 0) is 36.3 Å². The van der Waals surface area contributed by atoms with E-state index in [2.05, 4.69) is 27.7 Å². The normalized spacial score (nSPS) is 14.0. The number of amides is 2. The molecule has 2 aromatic rings. The van der Waals surface area contributed by atoms with E-state index in [1.807, 2.05) is 53.4 Å². The molecule has 0 radical (unpaired) electrons. The molecule has 26 heavy (non-hydrogen) atoms. The third-order valence-electron chi connectivity index (χ3n) is 4.41. The highest BCUT2D eigenvalue weighted by Crippen LogP contribution is 2.09. The zero-order chi connectivity index (χ0) is 18.2. The van der Waals surface area contributed by atoms with Crippen molar-refractivity contribution in [3.8, 4) is 0 Å². The van der Waals surface area contributed by atoms with Gasteiger partial charge in [0, 0.05) is 38.4 Å². The molecule has 2 N–H and O–H groups in total. The maximum atomic E-state index is 12.3. The fourth-order valence-corrected chi connectivity index (χ4v) is 3.19. The Labute approximate surface area is 160 Å². The Morgan fingerprint density at radius 1 is 0.885 bits per heavy atom. The molecule has 6 heteroatoms. The lowest BCUT2D eigenvalue weighted by atomic mass is 10.1. The van der Waals surface area contributed by atoms with Crippen LogP contribution in [0.1, 0.15) is 5.56 Å². The van der Waals surface area contributed by atoms with E-state index in [9.17, 15) is 4.79 Å². The maximum absolute atomic E-state index is 12.3. The second-order valence-electron chi connectivity index (χ2n) is 6.24. The van der Waals surface area contributed by atoms with Crippen molar-refractivity contribution in [1.29, 1.82) is 0 Å². The molecule has 1 heterocycles. The number of para-hydroxylation sites is 1. The van der Waals surface area contributed by atoms with Gasteiger partial charge in [0.1, 0.15) is 0 Å². The predicted octanol–water partition coefficient (Wildman–Crippen LogP) is 2.95. The van der Waals surface area contributed by atoms with E-state index in [1.54, 1.807) is 0 Å². The molecule has 3 rings (SSSR count). The van der Waals surface area contributed by atoms with Gasteiger partial charge >= 0.3 is 6.03 Å². The smallest absolute Gasteiger partial charge is 0.321 e. The number of carbonyl (C=O) groups excluding carboxylic acids is 1. The lowest BCUT2D eigenvalue weighted by molar-refractivity contribution is 0.181. The van der Waals surface area contributed by atoms with Gasteiger partial charge in [-0.2, -0.15) is 0 Å². The Kier molecular flexibility index (Phi) is 6.44. The summed E-state index contributed by atoms with van der Waals surface area (Å²) in [4.78, 5) is 16.3. The summed E-state index contributed by atoms with van der Waals surface area (Å²) in [6.07, 6.45) is 0.945. The van der Waals surface area contributed by atoms with Crippen molar-refractivity contribution in [3.63, 3.8) is 0 Å². The van der Waals surface area contributed by atoms with Crippen molar-refractivity contribution in [3.05, 3.63) is 66.2 Å². The van der Waals surface area contributed by atoms with Crippen LogP contribution in [0.2, 0.25) is 0 Å². The molecular weight excluding hydrogens is 344 g/mol. The van der Waals surface area contributed by atoms with Gasteiger partial charge in [-0.15, -0.1) is 0 Å². The van der Waals surface area contributed by atoms with Gasteiger partial charge in [0.15, 0.2) is 5.11 Å². The first-order chi connectivity index (χ1) is 12.7. The molecule has 0 unspecified atom stereocenters. The first kappa shape index (κ1) is 18.2. The molecule has 0 aromatic heterocycles. The van der Waals surface area contributed by atoms with Gasteiger partial charge in [0.25, 0.3) is 0 Å². The van der Waals surface area contributed by atoms with E-state index in [1.165, 1.54) is 5.56 Å². The van der Waals surface area contributed by atoms with Crippen LogP contribution < -0.4 is 10.6 Å². The molecule has 2 amide bonds. The molecule has 0 aliphatic carbocycles. The number of nitrogens with zero attached hydrogens (tertiary/aromatic N) is 2. The lowest BCUT2D eigenvalue weighted by Gasteiger charge is -2.36. The highest BCUT2D eigenvalue weighted by Gasteiger charge is 2.22. The number of hydrogen-bond acceptors (Lipinski definition) is 2. The Hall–Kier alpha value is -2.60. The third-order valence-corrected chi connectivity index (χ3v) is 4.81. The Morgan fingerprint density at radius 3 is 2.12 bits per heavy atom. The molecule has 0 atom stereocenters. The van der Waals surface area contributed by atoms with Gasteiger partial charge < -0.3 is 20.4 Å². The van der Waals surface area contributed by atoms with Crippen LogP contribution in [0.5, 0.6) is 0 Å². The summed E-state index contributed by atoms with van der Waals surface area (Å²) in [7, 11) is 0. The van der Waals surface area contributed by atoms with Crippen LogP contribution in [0, 0.1) is 0 Å². The molecule has 5 nitrogen and oxygen atoms in total. The molecule has 0 saturated carbocycles. The zero-order valence-electron chi connectivity index (χ0n) is 14.7. The second-order valence-corrected chi connectivity index (χ2v) is 6.62. The minimum atomic E-state index is -0.0567. The third kappa shape index (κ3) is 5.20. The van der Waals surface area contributed by atoms with Gasteiger partial charge in [-0.3, -0.25) is 0 Å². The summed E-state index contributed by atoms with van der Waals surface area (Å²) in [5.41, 5.74) is 2.11. The first-order valence-electron chi connectivity index (χ1n) is 8.90. The van der Waals surface area contributed by atoms with E-state index in [0.29, 0.717) is 13.1 Å². The Balaban J connectivity index is 1.38. The molecule has 1 saturated heterocycles. The van der Waals surface area contributed by atoms with Gasteiger partial charge in [0.05, 0.1) is 0 Å². The maximum Gasteiger partial charge on any atom is 0.321 e. The number of thiocarbonyl (C=S) groups is 1. The van der Waals surface area contributed by atoms with E-state index >= 15 is 0 Å². The minimum Gasteiger partial charge on any atom is -0.362 e. The molecule has 1 aliphatic rings. The Morgan fingerprint density at radius 2 is 1.46 bits per heavy atom. The van der Waals surface area contributed by atoms with Crippen molar-refractivity contribution < 1.29 is 4.79 Å². The largest absolute Gasteiger partial charge is 0.362 e. The van der Waals surface area contributed by atoms with Crippen molar-refractivity contribution in [2.24, 2.45) is 0 Å². The summed E-state index contributed by atoms with van der Waals surface area (Å²) in [6.45, 7) is 3.65. The highest BCUT2D eigenvalue weighted by atomic mass is 32.1. The predicted molar refractivity (Wildman–Crippen MR) is 109 cm³/mol. The van der Waals surface area contributed by atoms with Crippen LogP contribution in [-0.2, 0) is 6.42 Å². The second kappa shape index (κ2) is 9.20. The number of carbonyl (C=O) groups is 1. The standard InChI is InChI=1S/C20H24N4OS/c25-19(22-18-9-5-2-6-10-18)23-13-15-24(16-14-23)20(26)21-12-11-17-7-3-1-4-8-17/h1-10H,11-16H2,(H,21,26)(H,22,25).